The number of carbonyl (C=O) groups excluding carboxylic acids is 1. The molecule has 3 aliphatic heterocycles. The van der Waals surface area contributed by atoms with Gasteiger partial charge in [0.25, 0.3) is 5.69 Å². The number of benzene rings is 2. The molecule has 2 saturated heterocycles. The maximum Gasteiger partial charge on any atom is 0.269 e. The van der Waals surface area contributed by atoms with Crippen LogP contribution in [0.2, 0.25) is 5.02 Å². The number of amides is 1. The number of halogens is 1. The van der Waals surface area contributed by atoms with Gasteiger partial charge in [-0.05, 0) is 36.2 Å². The van der Waals surface area contributed by atoms with E-state index in [1.807, 2.05) is 35.2 Å². The summed E-state index contributed by atoms with van der Waals surface area (Å²) in [5, 5.41) is 12.0. The smallest absolute Gasteiger partial charge is 0.269 e. The number of non-ortho nitro benzene ring substituents is 1. The van der Waals surface area contributed by atoms with Crippen molar-refractivity contribution in [2.45, 2.75) is 12.5 Å². The van der Waals surface area contributed by atoms with Gasteiger partial charge in [-0.1, -0.05) is 17.7 Å². The van der Waals surface area contributed by atoms with E-state index in [0.717, 1.165) is 30.0 Å². The van der Waals surface area contributed by atoms with E-state index >= 15 is 0 Å². The minimum atomic E-state index is -0.377. The minimum absolute atomic E-state index is 0.0452. The molecule has 0 aliphatic carbocycles. The highest BCUT2D eigenvalue weighted by atomic mass is 35.5. The van der Waals surface area contributed by atoms with Gasteiger partial charge in [0.1, 0.15) is 0 Å². The van der Waals surface area contributed by atoms with Crippen molar-refractivity contribution in [3.63, 3.8) is 0 Å². The van der Waals surface area contributed by atoms with Crippen LogP contribution in [0.4, 0.5) is 17.1 Å². The standard InChI is InChI=1S/C23H25ClN4O4/c24-17-2-1-3-18(14-17)25-6-8-26(9-7-25)23(29)20-13-16-12-19(28(30)31)4-5-21(16)27-10-11-32-15-22(20)27/h1-5,12,14,20,22H,6-11,13,15H2/t20-,22-/m1/s1. The second kappa shape index (κ2) is 8.60. The first-order valence-electron chi connectivity index (χ1n) is 10.9. The van der Waals surface area contributed by atoms with E-state index in [2.05, 4.69) is 9.80 Å². The third kappa shape index (κ3) is 3.89. The summed E-state index contributed by atoms with van der Waals surface area (Å²) in [6.45, 7) is 4.52. The Balaban J connectivity index is 1.34. The quantitative estimate of drug-likeness (QED) is 0.522. The predicted molar refractivity (Wildman–Crippen MR) is 122 cm³/mol. The summed E-state index contributed by atoms with van der Waals surface area (Å²) in [6.07, 6.45) is 0.495. The van der Waals surface area contributed by atoms with Crippen LogP contribution in [0.1, 0.15) is 5.56 Å². The zero-order chi connectivity index (χ0) is 22.2. The lowest BCUT2D eigenvalue weighted by atomic mass is 9.83. The number of ether oxygens (including phenoxy) is 1. The van der Waals surface area contributed by atoms with Crippen LogP contribution in [0, 0.1) is 16.0 Å². The molecule has 2 aromatic rings. The number of nitro benzene ring substituents is 1. The summed E-state index contributed by atoms with van der Waals surface area (Å²) < 4.78 is 5.73. The van der Waals surface area contributed by atoms with E-state index in [1.165, 1.54) is 0 Å². The maximum absolute atomic E-state index is 13.6. The molecule has 168 valence electrons. The minimum Gasteiger partial charge on any atom is -0.377 e. The molecule has 2 atom stereocenters. The van der Waals surface area contributed by atoms with Crippen molar-refractivity contribution in [2.75, 3.05) is 55.7 Å². The molecular formula is C23H25ClN4O4. The van der Waals surface area contributed by atoms with Gasteiger partial charge in [0.2, 0.25) is 5.91 Å². The molecule has 32 heavy (non-hydrogen) atoms. The number of carbonyl (C=O) groups is 1. The van der Waals surface area contributed by atoms with Crippen molar-refractivity contribution in [3.8, 4) is 0 Å². The van der Waals surface area contributed by atoms with Gasteiger partial charge in [0, 0.05) is 61.3 Å². The number of hydrogen-bond donors (Lipinski definition) is 0. The zero-order valence-electron chi connectivity index (χ0n) is 17.7. The number of nitro groups is 1. The van der Waals surface area contributed by atoms with Crippen LogP contribution >= 0.6 is 11.6 Å². The van der Waals surface area contributed by atoms with Crippen molar-refractivity contribution >= 4 is 34.6 Å². The number of fused-ring (bicyclic) bond motifs is 3. The molecular weight excluding hydrogens is 432 g/mol. The Morgan fingerprint density at radius 2 is 1.91 bits per heavy atom. The molecule has 0 bridgehead atoms. The van der Waals surface area contributed by atoms with E-state index in [9.17, 15) is 14.9 Å². The Labute approximate surface area is 191 Å². The molecule has 9 heteroatoms. The SMILES string of the molecule is O=C([C@@H]1Cc2cc([N+](=O)[O-])ccc2N2CCOC[C@H]12)N1CCN(c2cccc(Cl)c2)CC1. The van der Waals surface area contributed by atoms with Crippen LogP contribution < -0.4 is 9.80 Å². The first kappa shape index (κ1) is 21.0. The molecule has 0 aromatic heterocycles. The van der Waals surface area contributed by atoms with Gasteiger partial charge >= 0.3 is 0 Å². The van der Waals surface area contributed by atoms with Gasteiger partial charge in [-0.3, -0.25) is 14.9 Å². The summed E-state index contributed by atoms with van der Waals surface area (Å²) in [5.41, 5.74) is 2.99. The maximum atomic E-state index is 13.6. The fourth-order valence-corrected chi connectivity index (χ4v) is 5.29. The van der Waals surface area contributed by atoms with E-state index in [1.54, 1.807) is 12.1 Å². The molecule has 3 heterocycles. The number of rotatable bonds is 3. The highest BCUT2D eigenvalue weighted by Crippen LogP contribution is 2.38. The fourth-order valence-electron chi connectivity index (χ4n) is 5.10. The Kier molecular flexibility index (Phi) is 5.65. The molecule has 8 nitrogen and oxygen atoms in total. The predicted octanol–water partition coefficient (Wildman–Crippen LogP) is 2.97. The average molecular weight is 457 g/mol. The molecule has 0 N–H and O–H groups in total. The van der Waals surface area contributed by atoms with E-state index < -0.39 is 0 Å². The van der Waals surface area contributed by atoms with Gasteiger partial charge in [-0.15, -0.1) is 0 Å². The summed E-state index contributed by atoms with van der Waals surface area (Å²) in [4.78, 5) is 30.9. The number of anilines is 2. The molecule has 1 amide bonds. The topological polar surface area (TPSA) is 79.2 Å². The van der Waals surface area contributed by atoms with Crippen LogP contribution in [0.25, 0.3) is 0 Å². The average Bonchev–Trinajstić information content (AvgIpc) is 2.83. The van der Waals surface area contributed by atoms with Gasteiger partial charge in [0.15, 0.2) is 0 Å². The van der Waals surface area contributed by atoms with Crippen molar-refractivity contribution in [2.24, 2.45) is 5.92 Å². The fraction of sp³-hybridized carbons (Fsp3) is 0.435. The van der Waals surface area contributed by atoms with Gasteiger partial charge in [-0.2, -0.15) is 0 Å². The Morgan fingerprint density at radius 3 is 2.66 bits per heavy atom. The van der Waals surface area contributed by atoms with E-state index in [4.69, 9.17) is 16.3 Å². The molecule has 0 spiro atoms. The summed E-state index contributed by atoms with van der Waals surface area (Å²) in [6, 6.07) is 12.7. The highest BCUT2D eigenvalue weighted by molar-refractivity contribution is 6.30. The Bertz CT molecular complexity index is 1040. The number of hydrogen-bond acceptors (Lipinski definition) is 6. The lowest BCUT2D eigenvalue weighted by molar-refractivity contribution is -0.384. The highest BCUT2D eigenvalue weighted by Gasteiger charge is 2.42. The second-order valence-electron chi connectivity index (χ2n) is 8.51. The Hall–Kier alpha value is -2.84. The van der Waals surface area contributed by atoms with Crippen LogP contribution in [-0.2, 0) is 16.0 Å². The normalized spacial score (nSPS) is 22.8. The number of nitrogens with zero attached hydrogens (tertiary/aromatic N) is 4. The van der Waals surface area contributed by atoms with Crippen LogP contribution in [0.15, 0.2) is 42.5 Å². The summed E-state index contributed by atoms with van der Waals surface area (Å²) >= 11 is 6.13. The van der Waals surface area contributed by atoms with Crippen LogP contribution in [0.3, 0.4) is 0 Å². The first-order valence-corrected chi connectivity index (χ1v) is 11.3. The van der Waals surface area contributed by atoms with Crippen molar-refractivity contribution < 1.29 is 14.5 Å². The van der Waals surface area contributed by atoms with Gasteiger partial charge in [-0.25, -0.2) is 0 Å². The number of morpholine rings is 1. The van der Waals surface area contributed by atoms with Gasteiger partial charge in [0.05, 0.1) is 30.1 Å². The van der Waals surface area contributed by atoms with Crippen LogP contribution in [0.5, 0.6) is 0 Å². The molecule has 2 fully saturated rings. The molecule has 0 unspecified atom stereocenters. The monoisotopic (exact) mass is 456 g/mol. The molecule has 0 radical (unpaired) electrons. The number of piperazine rings is 1. The largest absolute Gasteiger partial charge is 0.377 e. The zero-order valence-corrected chi connectivity index (χ0v) is 18.4. The van der Waals surface area contributed by atoms with E-state index in [-0.39, 0.29) is 28.5 Å². The summed E-state index contributed by atoms with van der Waals surface area (Å²) in [7, 11) is 0. The second-order valence-corrected chi connectivity index (χ2v) is 8.95. The summed E-state index contributed by atoms with van der Waals surface area (Å²) in [5.74, 6) is -0.170. The lowest BCUT2D eigenvalue weighted by Crippen LogP contribution is -2.59. The molecule has 5 rings (SSSR count). The molecule has 3 aliphatic rings. The van der Waals surface area contributed by atoms with Crippen molar-refractivity contribution in [3.05, 3.63) is 63.2 Å². The molecule has 0 saturated carbocycles. The van der Waals surface area contributed by atoms with E-state index in [0.29, 0.717) is 44.3 Å². The first-order chi connectivity index (χ1) is 15.5. The van der Waals surface area contributed by atoms with Gasteiger partial charge < -0.3 is 19.4 Å². The van der Waals surface area contributed by atoms with Crippen molar-refractivity contribution in [1.29, 1.82) is 0 Å². The molecule has 2 aromatic carbocycles. The third-order valence-electron chi connectivity index (χ3n) is 6.73. The van der Waals surface area contributed by atoms with Crippen molar-refractivity contribution in [1.82, 2.24) is 4.90 Å². The Morgan fingerprint density at radius 1 is 1.09 bits per heavy atom. The third-order valence-corrected chi connectivity index (χ3v) is 6.97. The van der Waals surface area contributed by atoms with Crippen LogP contribution in [-0.4, -0.2) is 67.7 Å². The lowest BCUT2D eigenvalue weighted by Gasteiger charge is -2.47.